The van der Waals surface area contributed by atoms with Crippen LogP contribution < -0.4 is 14.8 Å². The molecular formula is C23H24N4O3. The average Bonchev–Trinajstić information content (AvgIpc) is 3.19. The number of hydrogen-bond donors (Lipinski definition) is 1. The summed E-state index contributed by atoms with van der Waals surface area (Å²) in [4.78, 5) is 12.4. The van der Waals surface area contributed by atoms with Gasteiger partial charge in [-0.15, -0.1) is 0 Å². The zero-order chi connectivity index (χ0) is 21.3. The minimum absolute atomic E-state index is 0.192. The first-order chi connectivity index (χ1) is 14.6. The maximum Gasteiger partial charge on any atom is 0.263 e. The molecule has 0 saturated carbocycles. The topological polar surface area (TPSA) is 89.2 Å². The van der Waals surface area contributed by atoms with Crippen molar-refractivity contribution in [1.82, 2.24) is 9.78 Å². The van der Waals surface area contributed by atoms with Gasteiger partial charge in [0.05, 0.1) is 31.0 Å². The Morgan fingerprint density at radius 3 is 2.53 bits per heavy atom. The Labute approximate surface area is 175 Å². The Balaban J connectivity index is 1.61. The maximum absolute atomic E-state index is 12.4. The monoisotopic (exact) mass is 404 g/mol. The number of aromatic nitrogens is 2. The van der Waals surface area contributed by atoms with Gasteiger partial charge in [-0.3, -0.25) is 4.79 Å². The third kappa shape index (κ3) is 5.39. The third-order valence-corrected chi connectivity index (χ3v) is 4.48. The number of anilines is 1. The summed E-state index contributed by atoms with van der Waals surface area (Å²) in [6.45, 7) is 4.75. The van der Waals surface area contributed by atoms with Gasteiger partial charge in [-0.2, -0.15) is 10.4 Å². The van der Waals surface area contributed by atoms with Crippen LogP contribution in [0.25, 0.3) is 0 Å². The van der Waals surface area contributed by atoms with Crippen LogP contribution >= 0.6 is 0 Å². The first-order valence-corrected chi connectivity index (χ1v) is 9.82. The van der Waals surface area contributed by atoms with Crippen molar-refractivity contribution in [2.45, 2.75) is 26.8 Å². The van der Waals surface area contributed by atoms with Crippen molar-refractivity contribution < 1.29 is 14.3 Å². The molecule has 0 radical (unpaired) electrons. The van der Waals surface area contributed by atoms with E-state index in [1.165, 1.54) is 5.56 Å². The number of benzene rings is 2. The first-order valence-electron chi connectivity index (χ1n) is 9.82. The van der Waals surface area contributed by atoms with Crippen LogP contribution in [0, 0.1) is 11.3 Å². The molecule has 0 spiro atoms. The van der Waals surface area contributed by atoms with Crippen molar-refractivity contribution in [3.8, 4) is 17.6 Å². The van der Waals surface area contributed by atoms with Gasteiger partial charge < -0.3 is 14.8 Å². The average molecular weight is 404 g/mol. The molecule has 0 aliphatic carbocycles. The highest BCUT2D eigenvalue weighted by molar-refractivity contribution is 5.91. The molecule has 1 aromatic heterocycles. The Bertz CT molecular complexity index is 1040. The number of nitrogens with one attached hydrogen (secondary N) is 1. The van der Waals surface area contributed by atoms with Crippen molar-refractivity contribution in [3.05, 3.63) is 71.4 Å². The molecule has 2 aromatic carbocycles. The van der Waals surface area contributed by atoms with Crippen LogP contribution in [0.4, 0.5) is 5.82 Å². The predicted molar refractivity (Wildman–Crippen MR) is 114 cm³/mol. The van der Waals surface area contributed by atoms with E-state index in [0.717, 1.165) is 12.0 Å². The largest absolute Gasteiger partial charge is 0.490 e. The van der Waals surface area contributed by atoms with Gasteiger partial charge >= 0.3 is 0 Å². The second kappa shape index (κ2) is 10.1. The molecule has 0 bridgehead atoms. The number of nitriles is 1. The van der Waals surface area contributed by atoms with Crippen LogP contribution in [-0.2, 0) is 17.8 Å². The highest BCUT2D eigenvalue weighted by atomic mass is 16.5. The maximum atomic E-state index is 12.4. The van der Waals surface area contributed by atoms with E-state index in [4.69, 9.17) is 14.7 Å². The number of carbonyl (C=O) groups is 1. The fraction of sp³-hybridized carbons (Fsp3) is 0.261. The van der Waals surface area contributed by atoms with Gasteiger partial charge in [0.2, 0.25) is 0 Å². The van der Waals surface area contributed by atoms with E-state index in [9.17, 15) is 4.79 Å². The molecule has 7 heteroatoms. The number of hydrogen-bond acceptors (Lipinski definition) is 5. The van der Waals surface area contributed by atoms with Crippen molar-refractivity contribution in [2.24, 2.45) is 0 Å². The van der Waals surface area contributed by atoms with Crippen molar-refractivity contribution in [1.29, 1.82) is 5.26 Å². The summed E-state index contributed by atoms with van der Waals surface area (Å²) < 4.78 is 12.8. The Hall–Kier alpha value is -3.79. The third-order valence-electron chi connectivity index (χ3n) is 4.48. The smallest absolute Gasteiger partial charge is 0.263 e. The van der Waals surface area contributed by atoms with E-state index in [-0.39, 0.29) is 12.5 Å². The molecule has 1 heterocycles. The normalized spacial score (nSPS) is 10.3. The standard InChI is InChI=1S/C23H24N4O3/c1-3-17-5-7-18(8-6-17)15-27-22(11-12-25-27)26-23(28)16-30-20-10-9-19(14-24)13-21(20)29-4-2/h5-13H,3-4,15-16H2,1-2H3,(H,26,28). The molecule has 0 atom stereocenters. The highest BCUT2D eigenvalue weighted by Crippen LogP contribution is 2.28. The predicted octanol–water partition coefficient (Wildman–Crippen LogP) is 3.78. The Morgan fingerprint density at radius 2 is 1.83 bits per heavy atom. The molecule has 0 fully saturated rings. The Morgan fingerprint density at radius 1 is 1.07 bits per heavy atom. The summed E-state index contributed by atoms with van der Waals surface area (Å²) in [5, 5.41) is 16.1. The molecule has 0 saturated heterocycles. The van der Waals surface area contributed by atoms with E-state index in [1.807, 2.05) is 6.92 Å². The summed E-state index contributed by atoms with van der Waals surface area (Å²) in [5.74, 6) is 1.12. The lowest BCUT2D eigenvalue weighted by atomic mass is 10.1. The van der Waals surface area contributed by atoms with Crippen molar-refractivity contribution in [3.63, 3.8) is 0 Å². The quantitative estimate of drug-likeness (QED) is 0.586. The number of nitrogens with zero attached hydrogens (tertiary/aromatic N) is 3. The van der Waals surface area contributed by atoms with E-state index >= 15 is 0 Å². The minimum Gasteiger partial charge on any atom is -0.490 e. The van der Waals surface area contributed by atoms with Crippen LogP contribution in [0.3, 0.4) is 0 Å². The highest BCUT2D eigenvalue weighted by Gasteiger charge is 2.12. The number of rotatable bonds is 9. The van der Waals surface area contributed by atoms with Gasteiger partial charge in [-0.25, -0.2) is 4.68 Å². The zero-order valence-electron chi connectivity index (χ0n) is 17.1. The summed E-state index contributed by atoms with van der Waals surface area (Å²) in [5.41, 5.74) is 2.84. The summed E-state index contributed by atoms with van der Waals surface area (Å²) >= 11 is 0. The second-order valence-corrected chi connectivity index (χ2v) is 6.59. The number of ether oxygens (including phenoxy) is 2. The molecule has 3 rings (SSSR count). The van der Waals surface area contributed by atoms with Gasteiger partial charge in [-0.1, -0.05) is 31.2 Å². The lowest BCUT2D eigenvalue weighted by Gasteiger charge is -2.13. The van der Waals surface area contributed by atoms with E-state index in [0.29, 0.717) is 36.0 Å². The van der Waals surface area contributed by atoms with Crippen LogP contribution in [0.5, 0.6) is 11.5 Å². The molecule has 7 nitrogen and oxygen atoms in total. The van der Waals surface area contributed by atoms with Gasteiger partial charge in [-0.05, 0) is 36.6 Å². The summed E-state index contributed by atoms with van der Waals surface area (Å²) in [6, 6.07) is 17.0. The van der Waals surface area contributed by atoms with Gasteiger partial charge in [0.15, 0.2) is 18.1 Å². The van der Waals surface area contributed by atoms with E-state index in [2.05, 4.69) is 47.7 Å². The molecule has 1 N–H and O–H groups in total. The fourth-order valence-corrected chi connectivity index (χ4v) is 2.91. The summed E-state index contributed by atoms with van der Waals surface area (Å²) in [6.07, 6.45) is 2.64. The molecule has 30 heavy (non-hydrogen) atoms. The van der Waals surface area contributed by atoms with Crippen LogP contribution in [0.1, 0.15) is 30.5 Å². The summed E-state index contributed by atoms with van der Waals surface area (Å²) in [7, 11) is 0. The van der Waals surface area contributed by atoms with Gasteiger partial charge in [0, 0.05) is 12.1 Å². The number of aryl methyl sites for hydroxylation is 1. The van der Waals surface area contributed by atoms with Gasteiger partial charge in [0.1, 0.15) is 5.82 Å². The first kappa shape index (κ1) is 20.9. The van der Waals surface area contributed by atoms with Gasteiger partial charge in [0.25, 0.3) is 5.91 Å². The SMILES string of the molecule is CCOc1cc(C#N)ccc1OCC(=O)Nc1ccnn1Cc1ccc(CC)cc1. The molecule has 154 valence electrons. The van der Waals surface area contributed by atoms with Crippen molar-refractivity contribution in [2.75, 3.05) is 18.5 Å². The molecule has 3 aromatic rings. The van der Waals surface area contributed by atoms with Crippen LogP contribution in [0.15, 0.2) is 54.7 Å². The lowest BCUT2D eigenvalue weighted by Crippen LogP contribution is -2.22. The van der Waals surface area contributed by atoms with E-state index in [1.54, 1.807) is 35.1 Å². The lowest BCUT2D eigenvalue weighted by molar-refractivity contribution is -0.118. The van der Waals surface area contributed by atoms with E-state index < -0.39 is 0 Å². The zero-order valence-corrected chi connectivity index (χ0v) is 17.1. The fourth-order valence-electron chi connectivity index (χ4n) is 2.91. The van der Waals surface area contributed by atoms with Crippen LogP contribution in [-0.4, -0.2) is 28.9 Å². The number of amides is 1. The molecule has 0 unspecified atom stereocenters. The molecular weight excluding hydrogens is 380 g/mol. The molecule has 0 aliphatic heterocycles. The van der Waals surface area contributed by atoms with Crippen LogP contribution in [0.2, 0.25) is 0 Å². The van der Waals surface area contributed by atoms with Crippen molar-refractivity contribution >= 4 is 11.7 Å². The minimum atomic E-state index is -0.315. The molecule has 1 amide bonds. The number of carbonyl (C=O) groups excluding carboxylic acids is 1. The second-order valence-electron chi connectivity index (χ2n) is 6.59. The molecule has 0 aliphatic rings. The Kier molecular flexibility index (Phi) is 7.06.